The van der Waals surface area contributed by atoms with Gasteiger partial charge in [0.1, 0.15) is 0 Å². The van der Waals surface area contributed by atoms with Gasteiger partial charge in [0.2, 0.25) is 11.8 Å². The van der Waals surface area contributed by atoms with E-state index in [2.05, 4.69) is 38.3 Å². The van der Waals surface area contributed by atoms with Crippen LogP contribution < -0.4 is 10.6 Å². The van der Waals surface area contributed by atoms with Crippen molar-refractivity contribution in [3.63, 3.8) is 0 Å². The lowest BCUT2D eigenvalue weighted by molar-refractivity contribution is -0.130. The van der Waals surface area contributed by atoms with Gasteiger partial charge in [0.05, 0.1) is 6.04 Å². The van der Waals surface area contributed by atoms with Crippen molar-refractivity contribution in [1.29, 1.82) is 0 Å². The van der Waals surface area contributed by atoms with Crippen molar-refractivity contribution in [2.45, 2.75) is 143 Å². The largest absolute Gasteiger partial charge is 0.353 e. The second-order valence-corrected chi connectivity index (χ2v) is 12.7. The van der Waals surface area contributed by atoms with Crippen LogP contribution in [0.3, 0.4) is 0 Å². The molecular weight excluding hydrogens is 480 g/mol. The number of unbranched alkanes of at least 4 members (excludes halogenated alkanes) is 12. The molecule has 1 aliphatic carbocycles. The summed E-state index contributed by atoms with van der Waals surface area (Å²) in [6, 6.07) is 9.89. The van der Waals surface area contributed by atoms with E-state index >= 15 is 0 Å². The molecule has 0 spiro atoms. The normalized spacial score (nSPS) is 20.1. The number of hydrogen-bond donors (Lipinski definition) is 2. The summed E-state index contributed by atoms with van der Waals surface area (Å²) in [6.07, 6.45) is 20.8. The van der Waals surface area contributed by atoms with Crippen LogP contribution >= 0.6 is 0 Å². The molecule has 1 aromatic rings. The molecule has 2 amide bonds. The summed E-state index contributed by atoms with van der Waals surface area (Å²) in [4.78, 5) is 26.1. The summed E-state index contributed by atoms with van der Waals surface area (Å²) >= 11 is 0. The summed E-state index contributed by atoms with van der Waals surface area (Å²) in [7, 11) is 0. The summed E-state index contributed by atoms with van der Waals surface area (Å²) < 4.78 is 0. The predicted octanol–water partition coefficient (Wildman–Crippen LogP) is 9.15. The molecule has 0 aromatic heterocycles. The van der Waals surface area contributed by atoms with Crippen molar-refractivity contribution in [2.24, 2.45) is 23.7 Å². The molecule has 0 heterocycles. The molecular formula is C35H60N2O2. The van der Waals surface area contributed by atoms with Gasteiger partial charge in [-0.25, -0.2) is 0 Å². The summed E-state index contributed by atoms with van der Waals surface area (Å²) in [5.74, 6) is 1.88. The van der Waals surface area contributed by atoms with Gasteiger partial charge in [-0.2, -0.15) is 0 Å². The molecule has 4 nitrogen and oxygen atoms in total. The number of carbonyl (C=O) groups is 2. The lowest BCUT2D eigenvalue weighted by atomic mass is 9.70. The Bertz CT molecular complexity index is 778. The van der Waals surface area contributed by atoms with Crippen LogP contribution in [0.5, 0.6) is 0 Å². The molecule has 0 aliphatic heterocycles. The first-order valence-electron chi connectivity index (χ1n) is 16.5. The van der Waals surface area contributed by atoms with Crippen molar-refractivity contribution in [3.8, 4) is 0 Å². The molecule has 2 rings (SSSR count). The maximum Gasteiger partial charge on any atom is 0.223 e. The van der Waals surface area contributed by atoms with Crippen molar-refractivity contribution in [1.82, 2.24) is 10.6 Å². The first kappa shape index (κ1) is 33.4. The van der Waals surface area contributed by atoms with E-state index in [0.29, 0.717) is 30.7 Å². The van der Waals surface area contributed by atoms with E-state index in [-0.39, 0.29) is 23.8 Å². The zero-order valence-electron chi connectivity index (χ0n) is 25.8. The SMILES string of the molecule is CCCCCCCCCCCCCCCC(=O)NC(CNC(=O)[C@@H]1C[C@H](C)CC[C@H]1C(C)C)c1ccccc1. The quantitative estimate of drug-likeness (QED) is 0.162. The molecule has 1 aliphatic rings. The Balaban J connectivity index is 1.68. The molecule has 1 fully saturated rings. The van der Waals surface area contributed by atoms with Gasteiger partial charge in [-0.05, 0) is 42.6 Å². The number of rotatable bonds is 20. The average Bonchev–Trinajstić information content (AvgIpc) is 2.93. The first-order valence-corrected chi connectivity index (χ1v) is 16.5. The van der Waals surface area contributed by atoms with Gasteiger partial charge in [0.15, 0.2) is 0 Å². The fourth-order valence-electron chi connectivity index (χ4n) is 6.34. The van der Waals surface area contributed by atoms with E-state index < -0.39 is 0 Å². The van der Waals surface area contributed by atoms with Gasteiger partial charge in [0, 0.05) is 18.9 Å². The summed E-state index contributed by atoms with van der Waals surface area (Å²) in [5, 5.41) is 6.45. The minimum atomic E-state index is -0.192. The number of nitrogens with one attached hydrogen (secondary N) is 2. The third-order valence-electron chi connectivity index (χ3n) is 8.88. The zero-order valence-corrected chi connectivity index (χ0v) is 25.8. The van der Waals surface area contributed by atoms with Crippen molar-refractivity contribution >= 4 is 11.8 Å². The van der Waals surface area contributed by atoms with Crippen LogP contribution in [0.1, 0.15) is 148 Å². The molecule has 1 aromatic carbocycles. The Kier molecular flexibility index (Phi) is 17.2. The highest BCUT2D eigenvalue weighted by Gasteiger charge is 2.35. The standard InChI is InChI=1S/C35H60N2O2/c1-5-6-7-8-9-10-11-12-13-14-15-16-20-23-34(38)37-33(30-21-18-17-19-22-30)27-36-35(39)32-26-29(4)24-25-31(32)28(2)3/h17-19,21-22,28-29,31-33H,5-16,20,23-27H2,1-4H3,(H,36,39)(H,37,38)/t29-,31+,32-,33?/m1/s1. The number of hydrogen-bond acceptors (Lipinski definition) is 2. The Morgan fingerprint density at radius 1 is 0.821 bits per heavy atom. The van der Waals surface area contributed by atoms with E-state index in [1.54, 1.807) is 0 Å². The monoisotopic (exact) mass is 540 g/mol. The van der Waals surface area contributed by atoms with Crippen molar-refractivity contribution < 1.29 is 9.59 Å². The molecule has 2 N–H and O–H groups in total. The summed E-state index contributed by atoms with van der Waals surface area (Å²) in [6.45, 7) is 9.47. The van der Waals surface area contributed by atoms with Crippen molar-refractivity contribution in [2.75, 3.05) is 6.54 Å². The van der Waals surface area contributed by atoms with Gasteiger partial charge in [-0.1, -0.05) is 141 Å². The van der Waals surface area contributed by atoms with Crippen LogP contribution in [0.2, 0.25) is 0 Å². The zero-order chi connectivity index (χ0) is 28.3. The topological polar surface area (TPSA) is 58.2 Å². The Morgan fingerprint density at radius 3 is 1.95 bits per heavy atom. The molecule has 4 heteroatoms. The number of amides is 2. The molecule has 1 unspecified atom stereocenters. The number of carbonyl (C=O) groups excluding carboxylic acids is 2. The van der Waals surface area contributed by atoms with Crippen LogP contribution in [0.4, 0.5) is 0 Å². The smallest absolute Gasteiger partial charge is 0.223 e. The fourth-order valence-corrected chi connectivity index (χ4v) is 6.34. The lowest BCUT2D eigenvalue weighted by Crippen LogP contribution is -2.44. The third-order valence-corrected chi connectivity index (χ3v) is 8.88. The van der Waals surface area contributed by atoms with E-state index in [0.717, 1.165) is 31.2 Å². The van der Waals surface area contributed by atoms with E-state index in [9.17, 15) is 9.59 Å². The highest BCUT2D eigenvalue weighted by atomic mass is 16.2. The van der Waals surface area contributed by atoms with E-state index in [1.807, 2.05) is 30.3 Å². The molecule has 0 bridgehead atoms. The predicted molar refractivity (Wildman–Crippen MR) is 165 cm³/mol. The summed E-state index contributed by atoms with van der Waals surface area (Å²) in [5.41, 5.74) is 1.05. The molecule has 39 heavy (non-hydrogen) atoms. The molecule has 0 radical (unpaired) electrons. The minimum Gasteiger partial charge on any atom is -0.353 e. The highest BCUT2D eigenvalue weighted by molar-refractivity contribution is 5.79. The van der Waals surface area contributed by atoms with Gasteiger partial charge >= 0.3 is 0 Å². The molecule has 0 saturated heterocycles. The fraction of sp³-hybridized carbons (Fsp3) is 0.771. The highest BCUT2D eigenvalue weighted by Crippen LogP contribution is 2.38. The maximum absolute atomic E-state index is 13.3. The number of benzene rings is 1. The Labute approximate surface area is 240 Å². The van der Waals surface area contributed by atoms with Crippen LogP contribution in [-0.2, 0) is 9.59 Å². The molecule has 222 valence electrons. The average molecular weight is 541 g/mol. The van der Waals surface area contributed by atoms with Crippen LogP contribution in [0, 0.1) is 23.7 Å². The molecule has 4 atom stereocenters. The van der Waals surface area contributed by atoms with Crippen molar-refractivity contribution in [3.05, 3.63) is 35.9 Å². The Morgan fingerprint density at radius 2 is 1.38 bits per heavy atom. The second-order valence-electron chi connectivity index (χ2n) is 12.7. The van der Waals surface area contributed by atoms with Gasteiger partial charge in [-0.15, -0.1) is 0 Å². The van der Waals surface area contributed by atoms with Gasteiger partial charge < -0.3 is 10.6 Å². The van der Waals surface area contributed by atoms with E-state index in [1.165, 1.54) is 77.0 Å². The van der Waals surface area contributed by atoms with Crippen LogP contribution in [0.25, 0.3) is 0 Å². The van der Waals surface area contributed by atoms with E-state index in [4.69, 9.17) is 0 Å². The third kappa shape index (κ3) is 13.9. The second kappa shape index (κ2) is 20.1. The lowest BCUT2D eigenvalue weighted by Gasteiger charge is -2.36. The maximum atomic E-state index is 13.3. The van der Waals surface area contributed by atoms with Gasteiger partial charge in [0.25, 0.3) is 0 Å². The van der Waals surface area contributed by atoms with Gasteiger partial charge in [-0.3, -0.25) is 9.59 Å². The molecule has 1 saturated carbocycles. The Hall–Kier alpha value is -1.84. The van der Waals surface area contributed by atoms with Crippen LogP contribution in [-0.4, -0.2) is 18.4 Å². The minimum absolute atomic E-state index is 0.0756. The van der Waals surface area contributed by atoms with Crippen LogP contribution in [0.15, 0.2) is 30.3 Å². The first-order chi connectivity index (χ1) is 18.9.